The van der Waals surface area contributed by atoms with E-state index in [1.807, 2.05) is 13.1 Å². The van der Waals surface area contributed by atoms with E-state index >= 15 is 0 Å². The van der Waals surface area contributed by atoms with Gasteiger partial charge < -0.3 is 25.8 Å². The molecule has 0 radical (unpaired) electrons. The molecule has 2 amide bonds. The minimum atomic E-state index is -1.49. The summed E-state index contributed by atoms with van der Waals surface area (Å²) in [6.07, 6.45) is 7.58. The molecule has 1 fully saturated rings. The summed E-state index contributed by atoms with van der Waals surface area (Å²) in [6, 6.07) is -1.000. The zero-order valence-corrected chi connectivity index (χ0v) is 21.7. The average Bonchev–Trinajstić information content (AvgIpc) is 3.32. The molecule has 4 heterocycles. The van der Waals surface area contributed by atoms with Crippen molar-refractivity contribution in [3.8, 4) is 0 Å². The van der Waals surface area contributed by atoms with Gasteiger partial charge in [0.2, 0.25) is 17.7 Å². The number of aryl methyl sites for hydroxylation is 2. The summed E-state index contributed by atoms with van der Waals surface area (Å²) in [7, 11) is 0. The number of oxime groups is 1. The molecule has 0 bridgehead atoms. The van der Waals surface area contributed by atoms with Crippen LogP contribution < -0.4 is 20.8 Å². The topological polar surface area (TPSA) is 180 Å². The number of hydrogen-bond donors (Lipinski definition) is 2. The molecule has 2 aliphatic heterocycles. The molecule has 1 aliphatic carbocycles. The van der Waals surface area contributed by atoms with Crippen molar-refractivity contribution in [1.29, 1.82) is 0 Å². The van der Waals surface area contributed by atoms with Crippen LogP contribution in [0.5, 0.6) is 0 Å². The fraction of sp³-hybridized carbons (Fsp3) is 0.455. The molecule has 13 nitrogen and oxygen atoms in total. The lowest BCUT2D eigenvalue weighted by Crippen LogP contribution is -2.73. The highest BCUT2D eigenvalue weighted by Gasteiger charge is 2.57. The maximum atomic E-state index is 13.2. The van der Waals surface area contributed by atoms with E-state index in [-0.39, 0.29) is 34.2 Å². The van der Waals surface area contributed by atoms with E-state index in [1.165, 1.54) is 16.4 Å². The second kappa shape index (κ2) is 10.0. The van der Waals surface area contributed by atoms with Crippen molar-refractivity contribution in [1.82, 2.24) is 24.7 Å². The van der Waals surface area contributed by atoms with Crippen molar-refractivity contribution in [2.24, 2.45) is 5.16 Å². The van der Waals surface area contributed by atoms with Gasteiger partial charge in [0.15, 0.2) is 5.13 Å². The number of carbonyl (C=O) groups excluding carboxylic acids is 3. The Labute approximate surface area is 219 Å². The van der Waals surface area contributed by atoms with Gasteiger partial charge in [-0.05, 0) is 50.2 Å². The SMILES string of the molecule is CCON=C(C(=O)NC1C(=O)N2C(C(=O)[O-])=C([n+]3cc4c(cn3)CCCC4)C(C)S[C@H]12)c1nsc(N)n1. The first-order valence-corrected chi connectivity index (χ1v) is 13.5. The number of nitrogens with two attached hydrogens (primary N) is 1. The monoisotopic (exact) mass is 544 g/mol. The zero-order valence-electron chi connectivity index (χ0n) is 20.0. The molecule has 15 heteroatoms. The molecule has 194 valence electrons. The molecular weight excluding hydrogens is 520 g/mol. The summed E-state index contributed by atoms with van der Waals surface area (Å²) in [6.45, 7) is 3.72. The number of hydrogen-bond acceptors (Lipinski definition) is 12. The lowest BCUT2D eigenvalue weighted by molar-refractivity contribution is -0.649. The van der Waals surface area contributed by atoms with Crippen LogP contribution in [0.4, 0.5) is 5.13 Å². The van der Waals surface area contributed by atoms with E-state index in [0.717, 1.165) is 53.2 Å². The number of anilines is 1. The third kappa shape index (κ3) is 4.52. The number of fused-ring (bicyclic) bond motifs is 2. The number of carboxylic acid groups (broad SMARTS) is 1. The highest BCUT2D eigenvalue weighted by molar-refractivity contribution is 8.01. The van der Waals surface area contributed by atoms with Gasteiger partial charge in [-0.3, -0.25) is 14.5 Å². The molecule has 5 rings (SSSR count). The second-order valence-electron chi connectivity index (χ2n) is 8.64. The van der Waals surface area contributed by atoms with Gasteiger partial charge in [-0.1, -0.05) is 9.84 Å². The highest BCUT2D eigenvalue weighted by Crippen LogP contribution is 2.44. The minimum absolute atomic E-state index is 0.0331. The average molecular weight is 545 g/mol. The van der Waals surface area contributed by atoms with E-state index in [4.69, 9.17) is 10.6 Å². The molecule has 0 aromatic carbocycles. The Balaban J connectivity index is 1.43. The van der Waals surface area contributed by atoms with Crippen LogP contribution in [0.1, 0.15) is 43.6 Å². The maximum Gasteiger partial charge on any atom is 0.278 e. The Kier molecular flexibility index (Phi) is 6.81. The van der Waals surface area contributed by atoms with E-state index < -0.39 is 29.2 Å². The lowest BCUT2D eigenvalue weighted by Gasteiger charge is -2.50. The van der Waals surface area contributed by atoms with Crippen molar-refractivity contribution in [2.45, 2.75) is 56.2 Å². The molecule has 3 atom stereocenters. The summed E-state index contributed by atoms with van der Waals surface area (Å²) < 4.78 is 5.53. The largest absolute Gasteiger partial charge is 0.543 e. The smallest absolute Gasteiger partial charge is 0.278 e. The summed E-state index contributed by atoms with van der Waals surface area (Å²) in [5.41, 5.74) is 7.76. The Morgan fingerprint density at radius 1 is 1.35 bits per heavy atom. The Morgan fingerprint density at radius 3 is 2.78 bits per heavy atom. The van der Waals surface area contributed by atoms with Gasteiger partial charge in [0.05, 0.1) is 17.4 Å². The van der Waals surface area contributed by atoms with Gasteiger partial charge in [0.25, 0.3) is 17.5 Å². The van der Waals surface area contributed by atoms with Crippen molar-refractivity contribution >= 4 is 57.6 Å². The normalized spacial score (nSPS) is 23.2. The number of carboxylic acids is 1. The number of rotatable bonds is 7. The predicted octanol–water partition coefficient (Wildman–Crippen LogP) is -1.17. The molecule has 0 saturated carbocycles. The fourth-order valence-electron chi connectivity index (χ4n) is 4.61. The summed E-state index contributed by atoms with van der Waals surface area (Å²) in [5.74, 6) is -2.85. The Morgan fingerprint density at radius 2 is 2.11 bits per heavy atom. The first-order chi connectivity index (χ1) is 17.8. The van der Waals surface area contributed by atoms with E-state index in [2.05, 4.69) is 24.9 Å². The Hall–Kier alpha value is -3.59. The molecule has 2 aromatic heterocycles. The van der Waals surface area contributed by atoms with Crippen LogP contribution in [0.3, 0.4) is 0 Å². The van der Waals surface area contributed by atoms with Crippen molar-refractivity contribution in [3.05, 3.63) is 35.0 Å². The third-order valence-corrected chi connectivity index (χ3v) is 8.24. The summed E-state index contributed by atoms with van der Waals surface area (Å²) in [4.78, 5) is 48.6. The molecule has 37 heavy (non-hydrogen) atoms. The van der Waals surface area contributed by atoms with Gasteiger partial charge in [-0.25, -0.2) is 0 Å². The second-order valence-corrected chi connectivity index (χ2v) is 10.9. The van der Waals surface area contributed by atoms with Gasteiger partial charge in [-0.2, -0.15) is 9.36 Å². The van der Waals surface area contributed by atoms with Crippen LogP contribution in [0.25, 0.3) is 5.70 Å². The molecule has 2 unspecified atom stereocenters. The number of carbonyl (C=O) groups is 3. The third-order valence-electron chi connectivity index (χ3n) is 6.31. The van der Waals surface area contributed by atoms with Crippen molar-refractivity contribution in [2.75, 3.05) is 12.3 Å². The van der Waals surface area contributed by atoms with Gasteiger partial charge >= 0.3 is 0 Å². The van der Waals surface area contributed by atoms with Crippen molar-refractivity contribution < 1.29 is 29.0 Å². The number of nitrogens with one attached hydrogen (secondary N) is 1. The van der Waals surface area contributed by atoms with Crippen LogP contribution >= 0.6 is 23.3 Å². The standard InChI is InChI=1S/C22H24N8O5S2/c1-3-35-27-13(17-26-22(23)37-28-17)18(31)25-14-19(32)30-16(21(33)34)15(10(2)36-20(14)30)29-9-12-7-5-4-6-11(12)8-24-29/h8-10,14,20H,3-7H2,1-2H3,(H3-,23,25,26,28,31,33,34)/t10?,14?,20-/m1/s1. The molecule has 2 aromatic rings. The molecule has 1 saturated heterocycles. The first-order valence-electron chi connectivity index (χ1n) is 11.7. The predicted molar refractivity (Wildman–Crippen MR) is 131 cm³/mol. The van der Waals surface area contributed by atoms with Crippen LogP contribution in [-0.2, 0) is 32.1 Å². The van der Waals surface area contributed by atoms with Crippen LogP contribution in [0, 0.1) is 0 Å². The molecular formula is C22H24N8O5S2. The van der Waals surface area contributed by atoms with Crippen LogP contribution in [0.2, 0.25) is 0 Å². The van der Waals surface area contributed by atoms with Gasteiger partial charge in [0.1, 0.15) is 23.7 Å². The quantitative estimate of drug-likeness (QED) is 0.187. The number of aliphatic carboxylic acids is 1. The lowest BCUT2D eigenvalue weighted by atomic mass is 9.94. The van der Waals surface area contributed by atoms with E-state index in [0.29, 0.717) is 5.70 Å². The maximum absolute atomic E-state index is 13.2. The minimum Gasteiger partial charge on any atom is -0.543 e. The van der Waals surface area contributed by atoms with E-state index in [1.54, 1.807) is 13.1 Å². The summed E-state index contributed by atoms with van der Waals surface area (Å²) >= 11 is 2.23. The first kappa shape index (κ1) is 25.1. The highest BCUT2D eigenvalue weighted by atomic mass is 32.2. The molecule has 3 N–H and O–H groups in total. The number of nitrogens with zero attached hydrogens (tertiary/aromatic N) is 6. The zero-order chi connectivity index (χ0) is 26.3. The van der Waals surface area contributed by atoms with Gasteiger partial charge in [-0.15, -0.1) is 11.8 Å². The molecule has 0 spiro atoms. The fourth-order valence-corrected chi connectivity index (χ4v) is 6.48. The Bertz CT molecular complexity index is 1340. The summed E-state index contributed by atoms with van der Waals surface area (Å²) in [5, 5.41) is 22.3. The van der Waals surface area contributed by atoms with Crippen LogP contribution in [0.15, 0.2) is 23.2 Å². The van der Waals surface area contributed by atoms with E-state index in [9.17, 15) is 19.5 Å². The van der Waals surface area contributed by atoms with Crippen molar-refractivity contribution in [3.63, 3.8) is 0 Å². The number of β-lactam (4-membered cyclic amide) rings is 1. The number of thioether (sulfide) groups is 1. The van der Waals surface area contributed by atoms with Crippen LogP contribution in [-0.4, -0.2) is 66.1 Å². The number of aromatic nitrogens is 4. The molecule has 3 aliphatic rings. The van der Waals surface area contributed by atoms with Gasteiger partial charge in [0, 0.05) is 17.1 Å². The number of amides is 2. The number of nitrogen functional groups attached to an aromatic ring is 1.